The molecule has 1 aromatic carbocycles. The maximum absolute atomic E-state index is 12.4. The van der Waals surface area contributed by atoms with E-state index in [0.29, 0.717) is 12.5 Å². The number of hydrogen-bond acceptors (Lipinski definition) is 3. The lowest BCUT2D eigenvalue weighted by atomic mass is 10.2. The molecule has 0 saturated heterocycles. The number of halogens is 1. The first-order valence-electron chi connectivity index (χ1n) is 6.95. The normalized spacial score (nSPS) is 17.1. The summed E-state index contributed by atoms with van der Waals surface area (Å²) < 4.78 is 27.5. The van der Waals surface area contributed by atoms with Gasteiger partial charge >= 0.3 is 0 Å². The predicted molar refractivity (Wildman–Crippen MR) is 81.3 cm³/mol. The van der Waals surface area contributed by atoms with Gasteiger partial charge in [0, 0.05) is 12.6 Å². The van der Waals surface area contributed by atoms with Crippen LogP contribution in [-0.2, 0) is 16.6 Å². The molecule has 1 saturated carbocycles. The molecule has 1 atom stereocenters. The molecule has 1 unspecified atom stereocenters. The van der Waals surface area contributed by atoms with Crippen LogP contribution in [-0.4, -0.2) is 21.0 Å². The average molecular weight is 317 g/mol. The van der Waals surface area contributed by atoms with Crippen LogP contribution in [0.1, 0.15) is 32.3 Å². The van der Waals surface area contributed by atoms with Gasteiger partial charge in [0.05, 0.1) is 5.02 Å². The Hall–Kier alpha value is -0.620. The molecule has 1 fully saturated rings. The molecule has 0 radical (unpaired) electrons. The van der Waals surface area contributed by atoms with E-state index in [-0.39, 0.29) is 16.0 Å². The van der Waals surface area contributed by atoms with Crippen molar-refractivity contribution in [3.8, 4) is 0 Å². The molecule has 1 aliphatic rings. The second-order valence-electron chi connectivity index (χ2n) is 5.29. The highest BCUT2D eigenvalue weighted by Crippen LogP contribution is 2.33. The highest BCUT2D eigenvalue weighted by atomic mass is 35.5. The van der Waals surface area contributed by atoms with Gasteiger partial charge in [-0.25, -0.2) is 13.1 Å². The third-order valence-electron chi connectivity index (χ3n) is 3.53. The molecule has 0 heterocycles. The summed E-state index contributed by atoms with van der Waals surface area (Å²) in [6.45, 7) is 5.38. The first-order chi connectivity index (χ1) is 9.44. The first-order valence-corrected chi connectivity index (χ1v) is 8.81. The van der Waals surface area contributed by atoms with Gasteiger partial charge in [-0.05, 0) is 49.9 Å². The molecular weight excluding hydrogens is 296 g/mol. The van der Waals surface area contributed by atoms with E-state index in [4.69, 9.17) is 11.6 Å². The quantitative estimate of drug-likeness (QED) is 0.812. The standard InChI is InChI=1S/C14H21ClN2O2S/c1-3-16-9-11-4-7-13(15)14(8-11)20(18,19)17-10(2)12-5-6-12/h4,7-8,10,12,16-17H,3,5-6,9H2,1-2H3. The van der Waals surface area contributed by atoms with Crippen LogP contribution in [0.25, 0.3) is 0 Å². The molecule has 0 aromatic heterocycles. The average Bonchev–Trinajstić information content (AvgIpc) is 3.21. The highest BCUT2D eigenvalue weighted by molar-refractivity contribution is 7.89. The van der Waals surface area contributed by atoms with Crippen LogP contribution >= 0.6 is 11.6 Å². The fourth-order valence-electron chi connectivity index (χ4n) is 2.13. The molecule has 112 valence electrons. The second-order valence-corrected chi connectivity index (χ2v) is 7.38. The van der Waals surface area contributed by atoms with Gasteiger partial charge in [0.15, 0.2) is 0 Å². The van der Waals surface area contributed by atoms with E-state index in [2.05, 4.69) is 10.0 Å². The summed E-state index contributed by atoms with van der Waals surface area (Å²) in [6, 6.07) is 5.10. The largest absolute Gasteiger partial charge is 0.313 e. The smallest absolute Gasteiger partial charge is 0.242 e. The summed E-state index contributed by atoms with van der Waals surface area (Å²) in [6.07, 6.45) is 2.19. The predicted octanol–water partition coefficient (Wildman–Crippen LogP) is 2.53. The van der Waals surface area contributed by atoms with Gasteiger partial charge in [-0.3, -0.25) is 0 Å². The van der Waals surface area contributed by atoms with Crippen molar-refractivity contribution in [2.45, 2.75) is 44.2 Å². The first kappa shape index (κ1) is 15.8. The maximum Gasteiger partial charge on any atom is 0.242 e. The summed E-state index contributed by atoms with van der Waals surface area (Å²) in [7, 11) is -3.55. The van der Waals surface area contributed by atoms with Gasteiger partial charge in [-0.2, -0.15) is 0 Å². The third kappa shape index (κ3) is 3.95. The zero-order chi connectivity index (χ0) is 14.8. The molecule has 20 heavy (non-hydrogen) atoms. The minimum Gasteiger partial charge on any atom is -0.313 e. The summed E-state index contributed by atoms with van der Waals surface area (Å²) in [5, 5.41) is 3.44. The van der Waals surface area contributed by atoms with Crippen LogP contribution in [0, 0.1) is 5.92 Å². The fourth-order valence-corrected chi connectivity index (χ4v) is 4.00. The SMILES string of the molecule is CCNCc1ccc(Cl)c(S(=O)(=O)NC(C)C2CC2)c1. The van der Waals surface area contributed by atoms with E-state index in [0.717, 1.165) is 24.9 Å². The molecule has 6 heteroatoms. The molecule has 2 N–H and O–H groups in total. The Kier molecular flexibility index (Phi) is 5.07. The summed E-state index contributed by atoms with van der Waals surface area (Å²) in [4.78, 5) is 0.169. The van der Waals surface area contributed by atoms with E-state index in [1.807, 2.05) is 19.9 Å². The van der Waals surface area contributed by atoms with Crippen LogP contribution in [0.5, 0.6) is 0 Å². The summed E-state index contributed by atoms with van der Waals surface area (Å²) in [5.41, 5.74) is 0.913. The van der Waals surface area contributed by atoms with E-state index in [9.17, 15) is 8.42 Å². The fraction of sp³-hybridized carbons (Fsp3) is 0.571. The Labute approximate surface area is 126 Å². The molecular formula is C14H21ClN2O2S. The Morgan fingerprint density at radius 1 is 1.40 bits per heavy atom. The van der Waals surface area contributed by atoms with Crippen LogP contribution in [0.2, 0.25) is 5.02 Å². The van der Waals surface area contributed by atoms with Gasteiger partial charge in [-0.1, -0.05) is 24.6 Å². The Bertz CT molecular complexity index is 571. The Morgan fingerprint density at radius 3 is 2.70 bits per heavy atom. The second kappa shape index (κ2) is 6.43. The molecule has 1 aliphatic carbocycles. The minimum absolute atomic E-state index is 0.0338. The lowest BCUT2D eigenvalue weighted by Gasteiger charge is -2.15. The molecule has 0 aliphatic heterocycles. The van der Waals surface area contributed by atoms with Gasteiger partial charge in [0.1, 0.15) is 4.90 Å². The zero-order valence-electron chi connectivity index (χ0n) is 11.8. The van der Waals surface area contributed by atoms with Crippen LogP contribution < -0.4 is 10.0 Å². The van der Waals surface area contributed by atoms with E-state index in [1.165, 1.54) is 0 Å². The molecule has 2 rings (SSSR count). The Balaban J connectivity index is 2.20. The van der Waals surface area contributed by atoms with Crippen molar-refractivity contribution in [2.75, 3.05) is 6.54 Å². The van der Waals surface area contributed by atoms with E-state index in [1.54, 1.807) is 12.1 Å². The molecule has 1 aromatic rings. The number of sulfonamides is 1. The maximum atomic E-state index is 12.4. The lowest BCUT2D eigenvalue weighted by Crippen LogP contribution is -2.34. The van der Waals surface area contributed by atoms with Gasteiger partial charge in [0.2, 0.25) is 10.0 Å². The van der Waals surface area contributed by atoms with Crippen molar-refractivity contribution in [1.29, 1.82) is 0 Å². The topological polar surface area (TPSA) is 58.2 Å². The van der Waals surface area contributed by atoms with Gasteiger partial charge in [0.25, 0.3) is 0 Å². The third-order valence-corrected chi connectivity index (χ3v) is 5.57. The van der Waals surface area contributed by atoms with Crippen molar-refractivity contribution < 1.29 is 8.42 Å². The number of benzene rings is 1. The van der Waals surface area contributed by atoms with Crippen molar-refractivity contribution in [3.63, 3.8) is 0 Å². The number of rotatable bonds is 7. The zero-order valence-corrected chi connectivity index (χ0v) is 13.4. The lowest BCUT2D eigenvalue weighted by molar-refractivity contribution is 0.538. The number of nitrogens with one attached hydrogen (secondary N) is 2. The molecule has 0 spiro atoms. The Morgan fingerprint density at radius 2 is 2.10 bits per heavy atom. The van der Waals surface area contributed by atoms with Crippen molar-refractivity contribution in [2.24, 2.45) is 5.92 Å². The summed E-state index contributed by atoms with van der Waals surface area (Å²) in [5.74, 6) is 0.466. The monoisotopic (exact) mass is 316 g/mol. The van der Waals surface area contributed by atoms with Crippen molar-refractivity contribution in [3.05, 3.63) is 28.8 Å². The minimum atomic E-state index is -3.55. The number of hydrogen-bond donors (Lipinski definition) is 2. The molecule has 0 amide bonds. The molecule has 4 nitrogen and oxygen atoms in total. The van der Waals surface area contributed by atoms with E-state index < -0.39 is 10.0 Å². The van der Waals surface area contributed by atoms with Gasteiger partial charge < -0.3 is 5.32 Å². The van der Waals surface area contributed by atoms with Crippen LogP contribution in [0.15, 0.2) is 23.1 Å². The van der Waals surface area contributed by atoms with Crippen LogP contribution in [0.3, 0.4) is 0 Å². The van der Waals surface area contributed by atoms with Gasteiger partial charge in [-0.15, -0.1) is 0 Å². The highest BCUT2D eigenvalue weighted by Gasteiger charge is 2.31. The van der Waals surface area contributed by atoms with Crippen molar-refractivity contribution in [1.82, 2.24) is 10.0 Å². The van der Waals surface area contributed by atoms with E-state index >= 15 is 0 Å². The summed E-state index contributed by atoms with van der Waals surface area (Å²) >= 11 is 6.05. The molecule has 0 bridgehead atoms. The van der Waals surface area contributed by atoms with Crippen molar-refractivity contribution >= 4 is 21.6 Å². The van der Waals surface area contributed by atoms with Crippen LogP contribution in [0.4, 0.5) is 0 Å².